The zero-order valence-corrected chi connectivity index (χ0v) is 13.4. The van der Waals surface area contributed by atoms with Crippen LogP contribution in [0.5, 0.6) is 5.75 Å². The van der Waals surface area contributed by atoms with Gasteiger partial charge in [-0.3, -0.25) is 9.69 Å². The molecule has 2 aliphatic heterocycles. The van der Waals surface area contributed by atoms with E-state index in [1.807, 2.05) is 12.1 Å². The van der Waals surface area contributed by atoms with Crippen molar-refractivity contribution in [3.05, 3.63) is 28.3 Å². The molecule has 0 N–H and O–H groups in total. The van der Waals surface area contributed by atoms with Gasteiger partial charge in [0.1, 0.15) is 5.75 Å². The highest BCUT2D eigenvalue weighted by atomic mass is 35.5. The van der Waals surface area contributed by atoms with Gasteiger partial charge in [-0.25, -0.2) is 0 Å². The molecule has 1 aromatic rings. The average Bonchev–Trinajstić information content (AvgIpc) is 2.54. The molecule has 1 fully saturated rings. The topological polar surface area (TPSA) is 48.0 Å². The van der Waals surface area contributed by atoms with Crippen LogP contribution in [0, 0.1) is 5.92 Å². The summed E-state index contributed by atoms with van der Waals surface area (Å²) in [4.78, 5) is 13.9. The molecule has 2 heterocycles. The highest BCUT2D eigenvalue weighted by Gasteiger charge is 2.26. The number of piperidine rings is 1. The summed E-state index contributed by atoms with van der Waals surface area (Å²) >= 11 is 6.19. The van der Waals surface area contributed by atoms with Crippen molar-refractivity contribution in [1.82, 2.24) is 4.90 Å². The Labute approximate surface area is 135 Å². The first-order chi connectivity index (χ1) is 10.7. The molecule has 2 aliphatic rings. The number of methoxy groups -OCH3 is 1. The highest BCUT2D eigenvalue weighted by Crippen LogP contribution is 2.33. The van der Waals surface area contributed by atoms with E-state index in [0.29, 0.717) is 11.6 Å². The van der Waals surface area contributed by atoms with E-state index < -0.39 is 0 Å². The summed E-state index contributed by atoms with van der Waals surface area (Å²) in [6.45, 7) is 3.34. The van der Waals surface area contributed by atoms with Crippen molar-refractivity contribution in [2.45, 2.75) is 26.0 Å². The van der Waals surface area contributed by atoms with Gasteiger partial charge in [0.05, 0.1) is 19.6 Å². The van der Waals surface area contributed by atoms with Crippen LogP contribution < -0.4 is 4.74 Å². The zero-order chi connectivity index (χ0) is 15.5. The number of esters is 1. The molecule has 0 spiro atoms. The Bertz CT molecular complexity index is 555. The second-order valence-electron chi connectivity index (χ2n) is 5.74. The van der Waals surface area contributed by atoms with Gasteiger partial charge < -0.3 is 14.2 Å². The van der Waals surface area contributed by atoms with Crippen LogP contribution in [0.4, 0.5) is 0 Å². The van der Waals surface area contributed by atoms with Crippen molar-refractivity contribution >= 4 is 17.6 Å². The summed E-state index contributed by atoms with van der Waals surface area (Å²) in [5.74, 6) is 0.824. The van der Waals surface area contributed by atoms with Gasteiger partial charge in [-0.2, -0.15) is 0 Å². The number of carbonyl (C=O) groups excluding carboxylic acids is 1. The van der Waals surface area contributed by atoms with Crippen LogP contribution in [0.3, 0.4) is 0 Å². The van der Waals surface area contributed by atoms with Crippen molar-refractivity contribution in [3.63, 3.8) is 0 Å². The maximum atomic E-state index is 11.6. The minimum atomic E-state index is -0.0970. The number of fused-ring (bicyclic) bond motifs is 1. The van der Waals surface area contributed by atoms with E-state index in [-0.39, 0.29) is 18.7 Å². The maximum Gasteiger partial charge on any atom is 0.308 e. The number of likely N-dealkylation sites (tertiary alicyclic amines) is 1. The van der Waals surface area contributed by atoms with Crippen molar-refractivity contribution in [2.24, 2.45) is 5.92 Å². The zero-order valence-electron chi connectivity index (χ0n) is 12.6. The third-order valence-corrected chi connectivity index (χ3v) is 4.49. The molecular weight excluding hydrogens is 306 g/mol. The number of rotatable bonds is 3. The van der Waals surface area contributed by atoms with E-state index in [2.05, 4.69) is 4.90 Å². The lowest BCUT2D eigenvalue weighted by molar-refractivity contribution is -0.147. The van der Waals surface area contributed by atoms with Crippen LogP contribution in [0.15, 0.2) is 12.1 Å². The molecule has 120 valence electrons. The SMILES string of the molecule is COC(=O)C1CCN(Cc2cc(Cl)cc3c2OCOC3)CC1. The quantitative estimate of drug-likeness (QED) is 0.799. The number of carbonyl (C=O) groups is 1. The Morgan fingerprint density at radius 1 is 1.41 bits per heavy atom. The summed E-state index contributed by atoms with van der Waals surface area (Å²) in [5.41, 5.74) is 2.08. The first-order valence-corrected chi connectivity index (χ1v) is 7.87. The minimum absolute atomic E-state index is 0.0270. The number of nitrogens with zero attached hydrogens (tertiary/aromatic N) is 1. The van der Waals surface area contributed by atoms with Crippen LogP contribution in [-0.2, 0) is 27.4 Å². The van der Waals surface area contributed by atoms with Gasteiger partial charge in [0.15, 0.2) is 6.79 Å². The van der Waals surface area contributed by atoms with E-state index in [0.717, 1.165) is 49.4 Å². The standard InChI is InChI=1S/C16H20ClNO4/c1-20-16(19)11-2-4-18(5-3-11)8-12-6-14(17)7-13-9-21-10-22-15(12)13/h6-7,11H,2-5,8-10H2,1H3. The number of halogens is 1. The molecule has 3 rings (SSSR count). The van der Waals surface area contributed by atoms with Crippen molar-refractivity contribution in [3.8, 4) is 5.75 Å². The molecule has 0 saturated carbocycles. The number of hydrogen-bond donors (Lipinski definition) is 0. The third kappa shape index (κ3) is 3.37. The summed E-state index contributed by atoms with van der Waals surface area (Å²) in [7, 11) is 1.45. The van der Waals surface area contributed by atoms with Gasteiger partial charge in [-0.1, -0.05) is 11.6 Å². The van der Waals surface area contributed by atoms with Crippen molar-refractivity contribution in [1.29, 1.82) is 0 Å². The molecule has 22 heavy (non-hydrogen) atoms. The fraction of sp³-hybridized carbons (Fsp3) is 0.562. The predicted octanol–water partition coefficient (Wildman–Crippen LogP) is 2.59. The lowest BCUT2D eigenvalue weighted by Crippen LogP contribution is -2.36. The molecule has 1 saturated heterocycles. The minimum Gasteiger partial charge on any atom is -0.469 e. The molecule has 0 atom stereocenters. The number of benzene rings is 1. The lowest BCUT2D eigenvalue weighted by atomic mass is 9.96. The molecular formula is C16H20ClNO4. The van der Waals surface area contributed by atoms with Gasteiger partial charge in [0.25, 0.3) is 0 Å². The van der Waals surface area contributed by atoms with Gasteiger partial charge >= 0.3 is 5.97 Å². The van der Waals surface area contributed by atoms with Gasteiger partial charge in [-0.05, 0) is 38.1 Å². The van der Waals surface area contributed by atoms with E-state index >= 15 is 0 Å². The Morgan fingerprint density at radius 2 is 2.18 bits per heavy atom. The third-order valence-electron chi connectivity index (χ3n) is 4.27. The molecule has 0 aromatic heterocycles. The molecule has 1 aromatic carbocycles. The first kappa shape index (κ1) is 15.6. The fourth-order valence-corrected chi connectivity index (χ4v) is 3.37. The smallest absolute Gasteiger partial charge is 0.308 e. The van der Waals surface area contributed by atoms with Crippen LogP contribution in [-0.4, -0.2) is 37.9 Å². The first-order valence-electron chi connectivity index (χ1n) is 7.49. The monoisotopic (exact) mass is 325 g/mol. The lowest BCUT2D eigenvalue weighted by Gasteiger charge is -2.31. The average molecular weight is 326 g/mol. The molecule has 0 unspecified atom stereocenters. The molecule has 0 amide bonds. The summed E-state index contributed by atoms with van der Waals surface area (Å²) in [5, 5.41) is 0.701. The fourth-order valence-electron chi connectivity index (χ4n) is 3.11. The van der Waals surface area contributed by atoms with E-state index in [9.17, 15) is 4.79 Å². The number of ether oxygens (including phenoxy) is 3. The predicted molar refractivity (Wildman–Crippen MR) is 81.8 cm³/mol. The Balaban J connectivity index is 1.67. The highest BCUT2D eigenvalue weighted by molar-refractivity contribution is 6.30. The normalized spacial score (nSPS) is 19.4. The van der Waals surface area contributed by atoms with E-state index in [1.54, 1.807) is 0 Å². The Hall–Kier alpha value is -1.30. The van der Waals surface area contributed by atoms with Crippen LogP contribution >= 0.6 is 11.6 Å². The summed E-state index contributed by atoms with van der Waals surface area (Å²) < 4.78 is 15.8. The Kier molecular flexibility index (Phi) is 4.86. The van der Waals surface area contributed by atoms with Crippen molar-refractivity contribution in [2.75, 3.05) is 27.0 Å². The van der Waals surface area contributed by atoms with E-state index in [4.69, 9.17) is 25.8 Å². The van der Waals surface area contributed by atoms with Gasteiger partial charge in [-0.15, -0.1) is 0 Å². The molecule has 0 bridgehead atoms. The van der Waals surface area contributed by atoms with Crippen LogP contribution in [0.2, 0.25) is 5.02 Å². The van der Waals surface area contributed by atoms with Gasteiger partial charge in [0.2, 0.25) is 0 Å². The second kappa shape index (κ2) is 6.86. The summed E-state index contributed by atoms with van der Waals surface area (Å²) in [6, 6.07) is 3.85. The largest absolute Gasteiger partial charge is 0.469 e. The second-order valence-corrected chi connectivity index (χ2v) is 6.17. The van der Waals surface area contributed by atoms with Gasteiger partial charge in [0, 0.05) is 22.7 Å². The maximum absolute atomic E-state index is 11.6. The van der Waals surface area contributed by atoms with E-state index in [1.165, 1.54) is 7.11 Å². The Morgan fingerprint density at radius 3 is 2.91 bits per heavy atom. The summed E-state index contributed by atoms with van der Waals surface area (Å²) in [6.07, 6.45) is 1.67. The van der Waals surface area contributed by atoms with Crippen LogP contribution in [0.1, 0.15) is 24.0 Å². The van der Waals surface area contributed by atoms with Crippen LogP contribution in [0.25, 0.3) is 0 Å². The molecule has 0 aliphatic carbocycles. The molecule has 6 heteroatoms. The molecule has 5 nitrogen and oxygen atoms in total. The molecule has 0 radical (unpaired) electrons. The van der Waals surface area contributed by atoms with Crippen molar-refractivity contribution < 1.29 is 19.0 Å². The number of hydrogen-bond acceptors (Lipinski definition) is 5.